The Hall–Kier alpha value is -0.890. The van der Waals surface area contributed by atoms with Crippen molar-refractivity contribution < 1.29 is 4.39 Å². The highest BCUT2D eigenvalue weighted by atomic mass is 19.1. The van der Waals surface area contributed by atoms with E-state index in [4.69, 9.17) is 0 Å². The van der Waals surface area contributed by atoms with Gasteiger partial charge >= 0.3 is 0 Å². The predicted octanol–water partition coefficient (Wildman–Crippen LogP) is 2.23. The summed E-state index contributed by atoms with van der Waals surface area (Å²) < 4.78 is 13.4. The second-order valence-corrected chi connectivity index (χ2v) is 3.39. The van der Waals surface area contributed by atoms with E-state index in [2.05, 4.69) is 6.92 Å². The van der Waals surface area contributed by atoms with E-state index in [0.29, 0.717) is 11.0 Å². The van der Waals surface area contributed by atoms with Crippen LogP contribution in [0, 0.1) is 12.7 Å². The number of hydrogen-bond acceptors (Lipinski definition) is 0. The first-order valence-electron chi connectivity index (χ1n) is 3.94. The van der Waals surface area contributed by atoms with Gasteiger partial charge in [0.2, 0.25) is 0 Å². The van der Waals surface area contributed by atoms with Gasteiger partial charge in [-0.3, -0.25) is 4.48 Å². The fourth-order valence-corrected chi connectivity index (χ4v) is 0.982. The Bertz CT molecular complexity index is 268. The van der Waals surface area contributed by atoms with Crippen LogP contribution in [0.2, 0.25) is 0 Å². The number of hydrogen-bond donors (Lipinski definition) is 0. The Balaban J connectivity index is 3.03. The van der Waals surface area contributed by atoms with Gasteiger partial charge in [-0.25, -0.2) is 4.39 Å². The van der Waals surface area contributed by atoms with Gasteiger partial charge in [0.25, 0.3) is 0 Å². The molecule has 0 amide bonds. The first-order chi connectivity index (χ1) is 5.56. The van der Waals surface area contributed by atoms with Crippen LogP contribution in [0.4, 0.5) is 10.1 Å². The molecule has 65 valence electrons. The molecule has 1 aromatic carbocycles. The second kappa shape index (κ2) is 3.23. The molecule has 0 heterocycles. The first kappa shape index (κ1) is 9.20. The van der Waals surface area contributed by atoms with Crippen molar-refractivity contribution in [2.24, 2.45) is 0 Å². The highest BCUT2D eigenvalue weighted by Crippen LogP contribution is 2.18. The van der Waals surface area contributed by atoms with Crippen LogP contribution >= 0.6 is 0 Å². The topological polar surface area (TPSA) is 0 Å². The van der Waals surface area contributed by atoms with Crippen molar-refractivity contribution >= 4 is 5.69 Å². The van der Waals surface area contributed by atoms with Gasteiger partial charge in [0, 0.05) is 13.0 Å². The lowest BCUT2D eigenvalue weighted by Crippen LogP contribution is -2.40. The fraction of sp³-hybridized carbons (Fsp3) is 0.300. The van der Waals surface area contributed by atoms with Crippen molar-refractivity contribution in [3.05, 3.63) is 37.0 Å². The Kier molecular flexibility index (Phi) is 2.48. The minimum atomic E-state index is -0.188. The zero-order chi connectivity index (χ0) is 9.19. The van der Waals surface area contributed by atoms with Crippen LogP contribution in [0.1, 0.15) is 0 Å². The number of benzene rings is 1. The third kappa shape index (κ3) is 1.83. The fourth-order valence-electron chi connectivity index (χ4n) is 0.982. The maximum Gasteiger partial charge on any atom is 0.135 e. The third-order valence-corrected chi connectivity index (χ3v) is 2.07. The summed E-state index contributed by atoms with van der Waals surface area (Å²) in [4.78, 5) is 0. The molecule has 0 spiro atoms. The minimum absolute atomic E-state index is 0.188. The minimum Gasteiger partial charge on any atom is -0.296 e. The lowest BCUT2D eigenvalue weighted by Gasteiger charge is -2.27. The van der Waals surface area contributed by atoms with Gasteiger partial charge in [-0.15, -0.1) is 0 Å². The highest BCUT2D eigenvalue weighted by molar-refractivity contribution is 5.41. The van der Waals surface area contributed by atoms with E-state index in [1.165, 1.54) is 6.07 Å². The van der Waals surface area contributed by atoms with Gasteiger partial charge < -0.3 is 0 Å². The lowest BCUT2D eigenvalue weighted by molar-refractivity contribution is 0.437. The number of nitrogens with zero attached hydrogens (tertiary/aromatic N) is 1. The van der Waals surface area contributed by atoms with E-state index >= 15 is 0 Å². The standard InChI is InChI=1S/C10H14FN/c1-4-12(2,3)10-7-5-6-9(11)8-10/h5-8H,1,4H2,2-3H3/q+1. The van der Waals surface area contributed by atoms with Gasteiger partial charge in [-0.2, -0.15) is 0 Å². The molecule has 0 atom stereocenters. The molecule has 2 heteroatoms. The molecule has 0 aliphatic rings. The zero-order valence-electron chi connectivity index (χ0n) is 7.55. The molecule has 0 fully saturated rings. The molecule has 1 aromatic rings. The average molecular weight is 167 g/mol. The zero-order valence-corrected chi connectivity index (χ0v) is 7.55. The van der Waals surface area contributed by atoms with Gasteiger partial charge in [-0.05, 0) is 12.1 Å². The van der Waals surface area contributed by atoms with E-state index in [1.807, 2.05) is 20.2 Å². The summed E-state index contributed by atoms with van der Waals surface area (Å²) in [6.07, 6.45) is 0. The number of quaternary nitrogens is 1. The van der Waals surface area contributed by atoms with Crippen LogP contribution < -0.4 is 4.48 Å². The molecule has 0 saturated heterocycles. The summed E-state index contributed by atoms with van der Waals surface area (Å²) in [6.45, 7) is 4.52. The molecule has 1 radical (unpaired) electrons. The monoisotopic (exact) mass is 167 g/mol. The van der Waals surface area contributed by atoms with Crippen molar-refractivity contribution in [3.63, 3.8) is 0 Å². The van der Waals surface area contributed by atoms with Crippen LogP contribution in [0.5, 0.6) is 0 Å². The molecular formula is C10H14FN+. The Morgan fingerprint density at radius 2 is 2.08 bits per heavy atom. The van der Waals surface area contributed by atoms with E-state index in [-0.39, 0.29) is 5.82 Å². The Labute approximate surface area is 73.0 Å². The summed E-state index contributed by atoms with van der Waals surface area (Å²) in [5, 5.41) is 0. The van der Waals surface area contributed by atoms with Crippen molar-refractivity contribution in [2.75, 3.05) is 20.6 Å². The van der Waals surface area contributed by atoms with E-state index in [0.717, 1.165) is 5.69 Å². The number of halogens is 1. The van der Waals surface area contributed by atoms with Crippen LogP contribution in [-0.2, 0) is 0 Å². The van der Waals surface area contributed by atoms with Crippen LogP contribution in [0.3, 0.4) is 0 Å². The average Bonchev–Trinajstić information content (AvgIpc) is 2.05. The molecule has 0 bridgehead atoms. The van der Waals surface area contributed by atoms with Crippen LogP contribution in [0.15, 0.2) is 24.3 Å². The maximum atomic E-state index is 12.8. The normalized spacial score (nSPS) is 11.7. The lowest BCUT2D eigenvalue weighted by atomic mass is 10.2. The molecule has 1 rings (SSSR count). The molecule has 1 nitrogen and oxygen atoms in total. The van der Waals surface area contributed by atoms with Crippen molar-refractivity contribution in [3.8, 4) is 0 Å². The van der Waals surface area contributed by atoms with Gasteiger partial charge in [-0.1, -0.05) is 6.07 Å². The smallest absolute Gasteiger partial charge is 0.135 e. The summed E-state index contributed by atoms with van der Waals surface area (Å²) in [5.74, 6) is -0.188. The molecule has 0 N–H and O–H groups in total. The molecule has 0 aliphatic heterocycles. The number of rotatable bonds is 2. The third-order valence-electron chi connectivity index (χ3n) is 2.07. The van der Waals surface area contributed by atoms with Crippen LogP contribution in [-0.4, -0.2) is 20.6 Å². The van der Waals surface area contributed by atoms with E-state index in [1.54, 1.807) is 12.1 Å². The molecular weight excluding hydrogens is 153 g/mol. The summed E-state index contributed by atoms with van der Waals surface area (Å²) in [5.41, 5.74) is 0.949. The summed E-state index contributed by atoms with van der Waals surface area (Å²) in [6, 6.07) is 6.63. The van der Waals surface area contributed by atoms with Crippen LogP contribution in [0.25, 0.3) is 0 Å². The molecule has 0 unspecified atom stereocenters. The van der Waals surface area contributed by atoms with Gasteiger partial charge in [0.05, 0.1) is 20.6 Å². The molecule has 0 aliphatic carbocycles. The summed E-state index contributed by atoms with van der Waals surface area (Å²) >= 11 is 0. The second-order valence-electron chi connectivity index (χ2n) is 3.39. The van der Waals surface area contributed by atoms with E-state index in [9.17, 15) is 4.39 Å². The molecule has 12 heavy (non-hydrogen) atoms. The largest absolute Gasteiger partial charge is 0.296 e. The van der Waals surface area contributed by atoms with Gasteiger partial charge in [0.15, 0.2) is 0 Å². The van der Waals surface area contributed by atoms with Crippen molar-refractivity contribution in [1.29, 1.82) is 0 Å². The van der Waals surface area contributed by atoms with Crippen molar-refractivity contribution in [2.45, 2.75) is 0 Å². The first-order valence-corrected chi connectivity index (χ1v) is 3.94. The Morgan fingerprint density at radius 1 is 1.42 bits per heavy atom. The molecule has 0 aromatic heterocycles. The Morgan fingerprint density at radius 3 is 2.58 bits per heavy atom. The quantitative estimate of drug-likeness (QED) is 0.592. The summed E-state index contributed by atoms with van der Waals surface area (Å²) in [7, 11) is 4.00. The maximum absolute atomic E-state index is 12.8. The molecule has 0 saturated carbocycles. The highest BCUT2D eigenvalue weighted by Gasteiger charge is 2.15. The van der Waals surface area contributed by atoms with Crippen molar-refractivity contribution in [1.82, 2.24) is 4.48 Å². The SMILES string of the molecule is [CH2]C[N+](C)(C)c1cccc(F)c1. The predicted molar refractivity (Wildman–Crippen MR) is 50.3 cm³/mol. The van der Waals surface area contributed by atoms with Gasteiger partial charge in [0.1, 0.15) is 11.5 Å². The van der Waals surface area contributed by atoms with E-state index < -0.39 is 0 Å².